The van der Waals surface area contributed by atoms with E-state index < -0.39 is 0 Å². The number of hydrogen-bond donors (Lipinski definition) is 1. The Labute approximate surface area is 88.7 Å². The molecule has 0 spiro atoms. The maximum absolute atomic E-state index is 8.57. The van der Waals surface area contributed by atoms with Crippen molar-refractivity contribution in [2.75, 3.05) is 5.32 Å². The number of anilines is 1. The topological polar surface area (TPSA) is 61.6 Å². The van der Waals surface area contributed by atoms with Crippen LogP contribution in [0.15, 0.2) is 24.5 Å². The highest BCUT2D eigenvalue weighted by Crippen LogP contribution is 2.14. The van der Waals surface area contributed by atoms with Crippen molar-refractivity contribution in [1.82, 2.24) is 9.97 Å². The second-order valence-corrected chi connectivity index (χ2v) is 3.52. The number of nitrogens with one attached hydrogen (secondary N) is 1. The van der Waals surface area contributed by atoms with Crippen LogP contribution in [0, 0.1) is 11.3 Å². The predicted octanol–water partition coefficient (Wildman–Crippen LogP) is 1.87. The quantitative estimate of drug-likeness (QED) is 0.740. The molecule has 1 heterocycles. The van der Waals surface area contributed by atoms with Crippen molar-refractivity contribution >= 4 is 5.82 Å². The lowest BCUT2D eigenvalue weighted by molar-refractivity contribution is 0.641. The first kappa shape index (κ1) is 9.66. The fourth-order valence-electron chi connectivity index (χ4n) is 1.59. The summed E-state index contributed by atoms with van der Waals surface area (Å²) in [6.45, 7) is 0. The Balaban J connectivity index is 1.98. The SMILES string of the molecule is N#Cc1cnc(NC2CC=CCC2)cn1. The molecule has 0 fully saturated rings. The van der Waals surface area contributed by atoms with Crippen LogP contribution in [0.5, 0.6) is 0 Å². The molecule has 0 amide bonds. The molecular formula is C11H12N4. The molecule has 1 aliphatic carbocycles. The first-order valence-corrected chi connectivity index (χ1v) is 5.02. The molecule has 2 rings (SSSR count). The van der Waals surface area contributed by atoms with Gasteiger partial charge in [0.1, 0.15) is 11.9 Å². The smallest absolute Gasteiger partial charge is 0.158 e. The molecule has 15 heavy (non-hydrogen) atoms. The third kappa shape index (κ3) is 2.53. The van der Waals surface area contributed by atoms with Gasteiger partial charge in [0.25, 0.3) is 0 Å². The van der Waals surface area contributed by atoms with Crippen LogP contribution >= 0.6 is 0 Å². The van der Waals surface area contributed by atoms with Gasteiger partial charge >= 0.3 is 0 Å². The highest BCUT2D eigenvalue weighted by atomic mass is 15.0. The number of nitrogens with zero attached hydrogens (tertiary/aromatic N) is 3. The summed E-state index contributed by atoms with van der Waals surface area (Å²) in [6.07, 6.45) is 10.7. The molecular weight excluding hydrogens is 188 g/mol. The molecule has 1 unspecified atom stereocenters. The zero-order valence-electron chi connectivity index (χ0n) is 8.35. The predicted molar refractivity (Wildman–Crippen MR) is 57.1 cm³/mol. The number of hydrogen-bond acceptors (Lipinski definition) is 4. The van der Waals surface area contributed by atoms with Crippen molar-refractivity contribution in [3.05, 3.63) is 30.2 Å². The molecule has 4 heteroatoms. The van der Waals surface area contributed by atoms with Crippen LogP contribution in [-0.2, 0) is 0 Å². The van der Waals surface area contributed by atoms with Crippen molar-refractivity contribution in [1.29, 1.82) is 5.26 Å². The lowest BCUT2D eigenvalue weighted by atomic mass is 10.0. The molecule has 4 nitrogen and oxygen atoms in total. The molecule has 0 aromatic carbocycles. The first-order chi connectivity index (χ1) is 7.38. The minimum atomic E-state index is 0.351. The highest BCUT2D eigenvalue weighted by Gasteiger charge is 2.09. The molecule has 0 bridgehead atoms. The van der Waals surface area contributed by atoms with Gasteiger partial charge in [0, 0.05) is 6.04 Å². The minimum Gasteiger partial charge on any atom is -0.366 e. The van der Waals surface area contributed by atoms with Crippen molar-refractivity contribution in [2.24, 2.45) is 0 Å². The summed E-state index contributed by atoms with van der Waals surface area (Å²) >= 11 is 0. The Morgan fingerprint density at radius 3 is 2.87 bits per heavy atom. The van der Waals surface area contributed by atoms with E-state index in [1.165, 1.54) is 6.20 Å². The van der Waals surface area contributed by atoms with E-state index in [2.05, 4.69) is 27.4 Å². The molecule has 1 atom stereocenters. The molecule has 76 valence electrons. The van der Waals surface area contributed by atoms with Gasteiger partial charge in [-0.05, 0) is 19.3 Å². The molecule has 0 saturated carbocycles. The van der Waals surface area contributed by atoms with Gasteiger partial charge < -0.3 is 5.32 Å². The molecule has 0 aliphatic heterocycles. The van der Waals surface area contributed by atoms with Crippen LogP contribution in [0.1, 0.15) is 25.0 Å². The summed E-state index contributed by atoms with van der Waals surface area (Å²) in [5.74, 6) is 0.745. The highest BCUT2D eigenvalue weighted by molar-refractivity contribution is 5.34. The van der Waals surface area contributed by atoms with Gasteiger partial charge in [-0.25, -0.2) is 9.97 Å². The fraction of sp³-hybridized carbons (Fsp3) is 0.364. The van der Waals surface area contributed by atoms with Gasteiger partial charge in [-0.15, -0.1) is 0 Å². The van der Waals surface area contributed by atoms with Gasteiger partial charge in [-0.1, -0.05) is 12.2 Å². The van der Waals surface area contributed by atoms with Crippen molar-refractivity contribution in [3.8, 4) is 6.07 Å². The Kier molecular flexibility index (Phi) is 2.93. The first-order valence-electron chi connectivity index (χ1n) is 5.02. The lowest BCUT2D eigenvalue weighted by Crippen LogP contribution is -2.21. The Morgan fingerprint density at radius 2 is 2.27 bits per heavy atom. The Morgan fingerprint density at radius 1 is 1.33 bits per heavy atom. The second kappa shape index (κ2) is 4.56. The lowest BCUT2D eigenvalue weighted by Gasteiger charge is -2.19. The van der Waals surface area contributed by atoms with Gasteiger partial charge in [0.2, 0.25) is 0 Å². The fourth-order valence-corrected chi connectivity index (χ4v) is 1.59. The Hall–Kier alpha value is -1.89. The van der Waals surface area contributed by atoms with E-state index in [0.717, 1.165) is 25.1 Å². The van der Waals surface area contributed by atoms with Gasteiger partial charge in [-0.3, -0.25) is 0 Å². The van der Waals surface area contributed by atoms with Crippen molar-refractivity contribution in [3.63, 3.8) is 0 Å². The number of rotatable bonds is 2. The standard InChI is InChI=1S/C11H12N4/c12-6-10-7-14-11(8-13-10)15-9-4-2-1-3-5-9/h1-2,7-9H,3-5H2,(H,14,15). The zero-order chi connectivity index (χ0) is 10.5. The van der Waals surface area contributed by atoms with E-state index in [9.17, 15) is 0 Å². The maximum Gasteiger partial charge on any atom is 0.158 e. The van der Waals surface area contributed by atoms with Gasteiger partial charge in [0.05, 0.1) is 12.4 Å². The summed E-state index contributed by atoms with van der Waals surface area (Å²) in [4.78, 5) is 8.08. The number of allylic oxidation sites excluding steroid dienone is 1. The van der Waals surface area contributed by atoms with Gasteiger partial charge in [0.15, 0.2) is 5.69 Å². The molecule has 1 N–H and O–H groups in total. The molecule has 0 saturated heterocycles. The van der Waals surface area contributed by atoms with Crippen molar-refractivity contribution < 1.29 is 0 Å². The van der Waals surface area contributed by atoms with Crippen LogP contribution in [0.25, 0.3) is 0 Å². The molecule has 1 aromatic heterocycles. The van der Waals surface area contributed by atoms with Crippen LogP contribution in [0.3, 0.4) is 0 Å². The second-order valence-electron chi connectivity index (χ2n) is 3.52. The van der Waals surface area contributed by atoms with E-state index in [1.807, 2.05) is 6.07 Å². The monoisotopic (exact) mass is 200 g/mol. The number of nitriles is 1. The molecule has 1 aliphatic rings. The van der Waals surface area contributed by atoms with E-state index in [-0.39, 0.29) is 0 Å². The Bertz CT molecular complexity index is 388. The average molecular weight is 200 g/mol. The third-order valence-electron chi connectivity index (χ3n) is 2.39. The normalized spacial score (nSPS) is 19.5. The van der Waals surface area contributed by atoms with Crippen LogP contribution in [-0.4, -0.2) is 16.0 Å². The number of aromatic nitrogens is 2. The maximum atomic E-state index is 8.57. The summed E-state index contributed by atoms with van der Waals surface area (Å²) < 4.78 is 0. The van der Waals surface area contributed by atoms with Crippen molar-refractivity contribution in [2.45, 2.75) is 25.3 Å². The average Bonchev–Trinajstić information content (AvgIpc) is 2.31. The summed E-state index contributed by atoms with van der Waals surface area (Å²) in [5.41, 5.74) is 0.351. The van der Waals surface area contributed by atoms with E-state index in [4.69, 9.17) is 5.26 Å². The third-order valence-corrected chi connectivity index (χ3v) is 2.39. The summed E-state index contributed by atoms with van der Waals surface area (Å²) in [7, 11) is 0. The van der Waals surface area contributed by atoms with Crippen LogP contribution < -0.4 is 5.32 Å². The molecule has 1 aromatic rings. The van der Waals surface area contributed by atoms with Gasteiger partial charge in [-0.2, -0.15) is 5.26 Å². The largest absolute Gasteiger partial charge is 0.366 e. The summed E-state index contributed by atoms with van der Waals surface area (Å²) in [6, 6.07) is 2.39. The van der Waals surface area contributed by atoms with Crippen LogP contribution in [0.4, 0.5) is 5.82 Å². The summed E-state index contributed by atoms with van der Waals surface area (Å²) in [5, 5.41) is 11.9. The zero-order valence-corrected chi connectivity index (χ0v) is 8.35. The van der Waals surface area contributed by atoms with E-state index in [0.29, 0.717) is 11.7 Å². The molecule has 0 radical (unpaired) electrons. The minimum absolute atomic E-state index is 0.351. The van der Waals surface area contributed by atoms with E-state index >= 15 is 0 Å². The van der Waals surface area contributed by atoms with Crippen LogP contribution in [0.2, 0.25) is 0 Å². The van der Waals surface area contributed by atoms with E-state index in [1.54, 1.807) is 6.20 Å².